The summed E-state index contributed by atoms with van der Waals surface area (Å²) in [6, 6.07) is 8.14. The predicted molar refractivity (Wildman–Crippen MR) is 94.3 cm³/mol. The van der Waals surface area contributed by atoms with Gasteiger partial charge in [0.2, 0.25) is 5.91 Å². The minimum Gasteiger partial charge on any atom is -0.492 e. The fraction of sp³-hybridized carbons (Fsp3) is 0.368. The molecule has 0 fully saturated rings. The minimum atomic E-state index is -0.677. The molecule has 0 radical (unpaired) electrons. The highest BCUT2D eigenvalue weighted by Crippen LogP contribution is 2.12. The number of halogens is 1. The van der Waals surface area contributed by atoms with Gasteiger partial charge < -0.3 is 19.4 Å². The van der Waals surface area contributed by atoms with Crippen molar-refractivity contribution >= 4 is 11.8 Å². The molecule has 1 aromatic heterocycles. The number of hydrogen-bond acceptors (Lipinski definition) is 4. The Hall–Kier alpha value is -2.83. The number of carbonyl (C=O) groups is 2. The molecule has 0 bridgehead atoms. The van der Waals surface area contributed by atoms with Crippen molar-refractivity contribution in [3.8, 4) is 5.75 Å². The number of benzene rings is 1. The van der Waals surface area contributed by atoms with Crippen LogP contribution in [0.1, 0.15) is 24.4 Å². The lowest BCUT2D eigenvalue weighted by Crippen LogP contribution is -2.50. The summed E-state index contributed by atoms with van der Waals surface area (Å²) >= 11 is 0. The van der Waals surface area contributed by atoms with Gasteiger partial charge in [-0.15, -0.1) is 0 Å². The van der Waals surface area contributed by atoms with Gasteiger partial charge in [-0.1, -0.05) is 13.8 Å². The van der Waals surface area contributed by atoms with Crippen LogP contribution in [0.3, 0.4) is 0 Å². The van der Waals surface area contributed by atoms with Crippen LogP contribution < -0.4 is 10.1 Å². The van der Waals surface area contributed by atoms with Gasteiger partial charge >= 0.3 is 0 Å². The van der Waals surface area contributed by atoms with E-state index in [-0.39, 0.29) is 30.0 Å². The van der Waals surface area contributed by atoms with Crippen LogP contribution in [0.4, 0.5) is 4.39 Å². The second-order valence-corrected chi connectivity index (χ2v) is 6.23. The number of amides is 2. The van der Waals surface area contributed by atoms with E-state index in [4.69, 9.17) is 9.15 Å². The Labute approximate surface area is 151 Å². The van der Waals surface area contributed by atoms with E-state index in [0.717, 1.165) is 0 Å². The topological polar surface area (TPSA) is 71.8 Å². The first-order valence-corrected chi connectivity index (χ1v) is 8.36. The summed E-state index contributed by atoms with van der Waals surface area (Å²) in [6.45, 7) is 4.29. The third-order valence-corrected chi connectivity index (χ3v) is 3.85. The molecular formula is C19H23FN2O4. The van der Waals surface area contributed by atoms with Crippen LogP contribution >= 0.6 is 0 Å². The number of nitrogens with one attached hydrogen (secondary N) is 1. The first kappa shape index (κ1) is 19.5. The zero-order valence-corrected chi connectivity index (χ0v) is 15.1. The second-order valence-electron chi connectivity index (χ2n) is 6.23. The van der Waals surface area contributed by atoms with Crippen molar-refractivity contribution in [2.45, 2.75) is 19.9 Å². The maximum absolute atomic E-state index is 12.9. The molecule has 0 aliphatic carbocycles. The Morgan fingerprint density at radius 2 is 1.92 bits per heavy atom. The second kappa shape index (κ2) is 9.03. The van der Waals surface area contributed by atoms with E-state index in [9.17, 15) is 14.0 Å². The lowest BCUT2D eigenvalue weighted by molar-refractivity contribution is -0.133. The van der Waals surface area contributed by atoms with Gasteiger partial charge in [-0.05, 0) is 42.3 Å². The van der Waals surface area contributed by atoms with Crippen molar-refractivity contribution in [1.29, 1.82) is 0 Å². The molecule has 0 spiro atoms. The van der Waals surface area contributed by atoms with Gasteiger partial charge in [0.15, 0.2) is 5.76 Å². The van der Waals surface area contributed by atoms with Gasteiger partial charge in [-0.25, -0.2) is 4.39 Å². The van der Waals surface area contributed by atoms with Crippen molar-refractivity contribution in [3.05, 3.63) is 54.2 Å². The Morgan fingerprint density at radius 1 is 1.23 bits per heavy atom. The largest absolute Gasteiger partial charge is 0.492 e. The third kappa shape index (κ3) is 5.34. The molecule has 1 aromatic carbocycles. The summed E-state index contributed by atoms with van der Waals surface area (Å²) in [5, 5.41) is 2.71. The van der Waals surface area contributed by atoms with E-state index >= 15 is 0 Å². The molecule has 2 amide bonds. The van der Waals surface area contributed by atoms with Crippen molar-refractivity contribution < 1.29 is 23.1 Å². The Morgan fingerprint density at radius 3 is 2.50 bits per heavy atom. The summed E-state index contributed by atoms with van der Waals surface area (Å²) < 4.78 is 23.4. The Kier molecular flexibility index (Phi) is 6.77. The number of furan rings is 1. The smallest absolute Gasteiger partial charge is 0.287 e. The minimum absolute atomic E-state index is 0.0955. The highest BCUT2D eigenvalue weighted by Gasteiger charge is 2.28. The summed E-state index contributed by atoms with van der Waals surface area (Å²) in [5.74, 6) is -0.399. The quantitative estimate of drug-likeness (QED) is 0.784. The van der Waals surface area contributed by atoms with Crippen LogP contribution in [0.25, 0.3) is 0 Å². The zero-order valence-electron chi connectivity index (χ0n) is 15.1. The summed E-state index contributed by atoms with van der Waals surface area (Å²) in [4.78, 5) is 26.3. The lowest BCUT2D eigenvalue weighted by Gasteiger charge is -2.26. The van der Waals surface area contributed by atoms with Gasteiger partial charge in [0.1, 0.15) is 24.2 Å². The molecule has 7 heteroatoms. The molecule has 1 heterocycles. The SMILES string of the molecule is CC(C)[C@H](NC(=O)c1ccco1)C(=O)N(C)CCOc1ccc(F)cc1. The molecule has 0 saturated carbocycles. The Balaban J connectivity index is 1.88. The van der Waals surface area contributed by atoms with Crippen LogP contribution in [0.15, 0.2) is 47.1 Å². The third-order valence-electron chi connectivity index (χ3n) is 3.85. The summed E-state index contributed by atoms with van der Waals surface area (Å²) in [5.41, 5.74) is 0. The Bertz CT molecular complexity index is 714. The molecule has 2 aromatic rings. The van der Waals surface area contributed by atoms with E-state index in [1.165, 1.54) is 41.5 Å². The molecule has 26 heavy (non-hydrogen) atoms. The molecule has 0 unspecified atom stereocenters. The number of rotatable bonds is 8. The maximum atomic E-state index is 12.9. The molecular weight excluding hydrogens is 339 g/mol. The first-order valence-electron chi connectivity index (χ1n) is 8.36. The van der Waals surface area contributed by atoms with Gasteiger partial charge in [-0.2, -0.15) is 0 Å². The van der Waals surface area contributed by atoms with Crippen molar-refractivity contribution in [2.24, 2.45) is 5.92 Å². The van der Waals surface area contributed by atoms with E-state index in [1.807, 2.05) is 13.8 Å². The highest BCUT2D eigenvalue weighted by atomic mass is 19.1. The van der Waals surface area contributed by atoms with Crippen molar-refractivity contribution in [2.75, 3.05) is 20.2 Å². The average molecular weight is 362 g/mol. The number of nitrogens with zero attached hydrogens (tertiary/aromatic N) is 1. The molecule has 2 rings (SSSR count). The maximum Gasteiger partial charge on any atom is 0.287 e. The number of hydrogen-bond donors (Lipinski definition) is 1. The molecule has 140 valence electrons. The van der Waals surface area contributed by atoms with Crippen molar-refractivity contribution in [1.82, 2.24) is 10.2 Å². The summed E-state index contributed by atoms with van der Waals surface area (Å²) in [6.07, 6.45) is 1.40. The van der Waals surface area contributed by atoms with Crippen molar-refractivity contribution in [3.63, 3.8) is 0 Å². The van der Waals surface area contributed by atoms with Crippen LogP contribution in [-0.4, -0.2) is 43.0 Å². The predicted octanol–water partition coefficient (Wildman–Crippen LogP) is 2.71. The van der Waals surface area contributed by atoms with E-state index in [0.29, 0.717) is 12.3 Å². The normalized spacial score (nSPS) is 11.9. The van der Waals surface area contributed by atoms with Crippen LogP contribution in [0.2, 0.25) is 0 Å². The van der Waals surface area contributed by atoms with Gasteiger partial charge in [0, 0.05) is 7.05 Å². The molecule has 0 aliphatic heterocycles. The van der Waals surface area contributed by atoms with Gasteiger partial charge in [-0.3, -0.25) is 9.59 Å². The number of carbonyl (C=O) groups excluding carboxylic acids is 2. The standard InChI is InChI=1S/C19H23FN2O4/c1-13(2)17(21-18(23)16-5-4-11-26-16)19(24)22(3)10-12-25-15-8-6-14(20)7-9-15/h4-9,11,13,17H,10,12H2,1-3H3,(H,21,23)/t17-/m0/s1. The number of ether oxygens (including phenoxy) is 1. The first-order chi connectivity index (χ1) is 12.4. The molecule has 0 aliphatic rings. The highest BCUT2D eigenvalue weighted by molar-refractivity contribution is 5.95. The zero-order chi connectivity index (χ0) is 19.1. The van der Waals surface area contributed by atoms with E-state index < -0.39 is 11.9 Å². The fourth-order valence-electron chi connectivity index (χ4n) is 2.31. The molecule has 6 nitrogen and oxygen atoms in total. The molecule has 0 saturated heterocycles. The monoisotopic (exact) mass is 362 g/mol. The van der Waals surface area contributed by atoms with Crippen LogP contribution in [0, 0.1) is 11.7 Å². The average Bonchev–Trinajstić information content (AvgIpc) is 3.15. The van der Waals surface area contributed by atoms with Gasteiger partial charge in [0.25, 0.3) is 5.91 Å². The summed E-state index contributed by atoms with van der Waals surface area (Å²) in [7, 11) is 1.64. The number of likely N-dealkylation sites (N-methyl/N-ethyl adjacent to an activating group) is 1. The van der Waals surface area contributed by atoms with Crippen LogP contribution in [-0.2, 0) is 4.79 Å². The lowest BCUT2D eigenvalue weighted by atomic mass is 10.0. The van der Waals surface area contributed by atoms with E-state index in [2.05, 4.69) is 5.32 Å². The van der Waals surface area contributed by atoms with Gasteiger partial charge in [0.05, 0.1) is 12.8 Å². The fourth-order valence-corrected chi connectivity index (χ4v) is 2.31. The van der Waals surface area contributed by atoms with Crippen LogP contribution in [0.5, 0.6) is 5.75 Å². The molecule has 1 atom stereocenters. The van der Waals surface area contributed by atoms with E-state index in [1.54, 1.807) is 13.1 Å². The molecule has 1 N–H and O–H groups in total.